The van der Waals surface area contributed by atoms with Crippen molar-refractivity contribution in [3.63, 3.8) is 0 Å². The Labute approximate surface area is 210 Å². The fourth-order valence-corrected chi connectivity index (χ4v) is 5.04. The van der Waals surface area contributed by atoms with E-state index in [4.69, 9.17) is 16.3 Å². The normalized spacial score (nSPS) is 20.9. The summed E-state index contributed by atoms with van der Waals surface area (Å²) in [7, 11) is 0. The van der Waals surface area contributed by atoms with Gasteiger partial charge in [0.05, 0.1) is 29.5 Å². The molecule has 2 N–H and O–H groups in total. The van der Waals surface area contributed by atoms with Crippen molar-refractivity contribution in [1.29, 1.82) is 0 Å². The zero-order valence-electron chi connectivity index (χ0n) is 19.6. The first-order valence-electron chi connectivity index (χ1n) is 11.5. The van der Waals surface area contributed by atoms with Gasteiger partial charge in [0.2, 0.25) is 0 Å². The van der Waals surface area contributed by atoms with Crippen LogP contribution in [0.3, 0.4) is 0 Å². The standard InChI is InChI=1S/C24H24ClF3N6O2/c1-12(2)19-13(8-25)9-29-23(31-19)36-14-7-24(22(27)28)11-30-21-18(34(24)10-14)6-17(32-33-21)15-4-3-5-16(26)20(15)35/h3-6,9,12,14,22,35H,7-8,10-11H2,1-2H3,(H,30,33)/t14-,24+/m1/s1. The molecule has 0 unspecified atom stereocenters. The lowest BCUT2D eigenvalue weighted by atomic mass is 9.93. The molecule has 190 valence electrons. The van der Waals surface area contributed by atoms with Crippen LogP contribution in [0, 0.1) is 5.82 Å². The molecule has 2 aliphatic heterocycles. The Hall–Kier alpha value is -3.34. The number of hydrogen-bond donors (Lipinski definition) is 2. The number of hydrogen-bond acceptors (Lipinski definition) is 8. The van der Waals surface area contributed by atoms with E-state index < -0.39 is 29.6 Å². The van der Waals surface area contributed by atoms with Gasteiger partial charge in [-0.15, -0.1) is 21.8 Å². The van der Waals surface area contributed by atoms with Gasteiger partial charge in [0.15, 0.2) is 17.4 Å². The van der Waals surface area contributed by atoms with Gasteiger partial charge in [-0.3, -0.25) is 0 Å². The Morgan fingerprint density at radius 3 is 2.83 bits per heavy atom. The average Bonchev–Trinajstić information content (AvgIpc) is 3.25. The second kappa shape index (κ2) is 9.27. The van der Waals surface area contributed by atoms with Gasteiger partial charge in [0, 0.05) is 30.3 Å². The molecule has 0 aliphatic carbocycles. The first-order valence-corrected chi connectivity index (χ1v) is 12.0. The van der Waals surface area contributed by atoms with E-state index in [1.165, 1.54) is 18.2 Å². The van der Waals surface area contributed by atoms with Crippen LogP contribution in [0.25, 0.3) is 11.3 Å². The predicted molar refractivity (Wildman–Crippen MR) is 128 cm³/mol. The van der Waals surface area contributed by atoms with Crippen molar-refractivity contribution >= 4 is 23.1 Å². The van der Waals surface area contributed by atoms with Gasteiger partial charge in [-0.25, -0.2) is 18.2 Å². The third-order valence-corrected chi connectivity index (χ3v) is 6.93. The number of aromatic nitrogens is 4. The summed E-state index contributed by atoms with van der Waals surface area (Å²) >= 11 is 5.99. The first kappa shape index (κ1) is 24.4. The van der Waals surface area contributed by atoms with Crippen LogP contribution in [0.2, 0.25) is 0 Å². The molecule has 0 spiro atoms. The topological polar surface area (TPSA) is 96.3 Å². The predicted octanol–water partition coefficient (Wildman–Crippen LogP) is 4.73. The number of halogens is 4. The number of phenols is 1. The van der Waals surface area contributed by atoms with Gasteiger partial charge >= 0.3 is 6.01 Å². The SMILES string of the molecule is CC(C)c1nc(O[C@H]2CN3c4cc(-c5cccc(F)c5O)nnc4NC[C@]3(C(F)F)C2)ncc1CCl. The van der Waals surface area contributed by atoms with Crippen LogP contribution in [-0.2, 0) is 5.88 Å². The highest BCUT2D eigenvalue weighted by Crippen LogP contribution is 2.46. The number of benzene rings is 1. The monoisotopic (exact) mass is 520 g/mol. The number of rotatable bonds is 6. The lowest BCUT2D eigenvalue weighted by molar-refractivity contribution is 0.0524. The third-order valence-electron chi connectivity index (χ3n) is 6.64. The second-order valence-electron chi connectivity index (χ2n) is 9.26. The zero-order chi connectivity index (χ0) is 25.6. The molecule has 0 radical (unpaired) electrons. The molecule has 2 atom stereocenters. The van der Waals surface area contributed by atoms with E-state index in [-0.39, 0.29) is 48.6 Å². The molecule has 0 saturated carbocycles. The van der Waals surface area contributed by atoms with E-state index >= 15 is 0 Å². The molecule has 8 nitrogen and oxygen atoms in total. The maximum atomic E-state index is 14.6. The number of para-hydroxylation sites is 1. The Bertz CT molecular complexity index is 1300. The second-order valence-corrected chi connectivity index (χ2v) is 9.53. The van der Waals surface area contributed by atoms with E-state index in [2.05, 4.69) is 25.5 Å². The Morgan fingerprint density at radius 2 is 2.11 bits per heavy atom. The maximum Gasteiger partial charge on any atom is 0.316 e. The van der Waals surface area contributed by atoms with Crippen molar-refractivity contribution in [3.05, 3.63) is 47.5 Å². The Morgan fingerprint density at radius 1 is 1.31 bits per heavy atom. The average molecular weight is 521 g/mol. The summed E-state index contributed by atoms with van der Waals surface area (Å²) in [5, 5.41) is 21.3. The van der Waals surface area contributed by atoms with Crippen LogP contribution in [0.5, 0.6) is 11.8 Å². The number of nitrogens with one attached hydrogen (secondary N) is 1. The summed E-state index contributed by atoms with van der Waals surface area (Å²) in [6.45, 7) is 4.00. The molecular formula is C24H24ClF3N6O2. The van der Waals surface area contributed by atoms with Crippen LogP contribution >= 0.6 is 11.6 Å². The smallest absolute Gasteiger partial charge is 0.316 e. The summed E-state index contributed by atoms with van der Waals surface area (Å²) < 4.78 is 49.1. The summed E-state index contributed by atoms with van der Waals surface area (Å²) in [5.41, 5.74) is 0.595. The first-order chi connectivity index (χ1) is 17.2. The molecule has 3 aromatic rings. The van der Waals surface area contributed by atoms with Gasteiger partial charge in [0.1, 0.15) is 11.6 Å². The fraction of sp³-hybridized carbons (Fsp3) is 0.417. The highest BCUT2D eigenvalue weighted by molar-refractivity contribution is 6.17. The van der Waals surface area contributed by atoms with Crippen molar-refractivity contribution in [2.24, 2.45) is 0 Å². The molecule has 12 heteroatoms. The van der Waals surface area contributed by atoms with Crippen molar-refractivity contribution in [2.75, 3.05) is 23.3 Å². The van der Waals surface area contributed by atoms with Gasteiger partial charge in [-0.05, 0) is 24.1 Å². The van der Waals surface area contributed by atoms with Gasteiger partial charge < -0.3 is 20.1 Å². The fourth-order valence-electron chi connectivity index (χ4n) is 4.84. The number of nitrogens with zero attached hydrogens (tertiary/aromatic N) is 5. The Balaban J connectivity index is 1.49. The van der Waals surface area contributed by atoms with Crippen molar-refractivity contribution in [3.8, 4) is 23.0 Å². The quantitative estimate of drug-likeness (QED) is 0.450. The third kappa shape index (κ3) is 4.04. The number of alkyl halides is 3. The molecule has 36 heavy (non-hydrogen) atoms. The molecular weight excluding hydrogens is 497 g/mol. The van der Waals surface area contributed by atoms with E-state index in [9.17, 15) is 18.3 Å². The van der Waals surface area contributed by atoms with Crippen LogP contribution < -0.4 is 15.0 Å². The van der Waals surface area contributed by atoms with E-state index in [0.717, 1.165) is 17.3 Å². The highest BCUT2D eigenvalue weighted by Gasteiger charge is 2.56. The van der Waals surface area contributed by atoms with Crippen molar-refractivity contribution in [1.82, 2.24) is 20.2 Å². The number of ether oxygens (including phenoxy) is 1. The minimum absolute atomic E-state index is 0.0115. The molecule has 0 bridgehead atoms. The molecule has 4 heterocycles. The molecule has 1 fully saturated rings. The summed E-state index contributed by atoms with van der Waals surface area (Å²) in [6.07, 6.45) is -1.73. The number of aromatic hydroxyl groups is 1. The zero-order valence-corrected chi connectivity index (χ0v) is 20.3. The lowest BCUT2D eigenvalue weighted by Crippen LogP contribution is -2.57. The largest absolute Gasteiger partial charge is 0.504 e. The van der Waals surface area contributed by atoms with Crippen LogP contribution in [0.15, 0.2) is 30.5 Å². The van der Waals surface area contributed by atoms with Gasteiger partial charge in [0.25, 0.3) is 6.43 Å². The summed E-state index contributed by atoms with van der Waals surface area (Å²) in [5.74, 6) is -0.749. The number of fused-ring (bicyclic) bond motifs is 3. The summed E-state index contributed by atoms with van der Waals surface area (Å²) in [6, 6.07) is 5.64. The van der Waals surface area contributed by atoms with Crippen LogP contribution in [0.1, 0.15) is 37.4 Å². The van der Waals surface area contributed by atoms with Gasteiger partial charge in [-0.1, -0.05) is 19.9 Å². The molecule has 2 aliphatic rings. The Kier molecular flexibility index (Phi) is 6.27. The van der Waals surface area contributed by atoms with Gasteiger partial charge in [-0.2, -0.15) is 4.98 Å². The van der Waals surface area contributed by atoms with E-state index in [1.54, 1.807) is 11.1 Å². The number of phenolic OH excluding ortho intramolecular Hbond substituents is 1. The van der Waals surface area contributed by atoms with Crippen molar-refractivity contribution < 1.29 is 23.0 Å². The van der Waals surface area contributed by atoms with E-state index in [0.29, 0.717) is 11.5 Å². The minimum Gasteiger partial charge on any atom is -0.504 e. The minimum atomic E-state index is -2.71. The summed E-state index contributed by atoms with van der Waals surface area (Å²) in [4.78, 5) is 10.3. The highest BCUT2D eigenvalue weighted by atomic mass is 35.5. The number of anilines is 2. The molecule has 1 aromatic carbocycles. The molecule has 5 rings (SSSR count). The molecule has 1 saturated heterocycles. The lowest BCUT2D eigenvalue weighted by Gasteiger charge is -2.43. The van der Waals surface area contributed by atoms with Crippen LogP contribution in [-0.4, -0.2) is 56.4 Å². The van der Waals surface area contributed by atoms with Crippen molar-refractivity contribution in [2.45, 2.75) is 50.1 Å². The maximum absolute atomic E-state index is 14.6. The van der Waals surface area contributed by atoms with E-state index in [1.807, 2.05) is 13.8 Å². The molecule has 0 amide bonds. The van der Waals surface area contributed by atoms with Crippen LogP contribution in [0.4, 0.5) is 24.7 Å². The molecule has 2 aromatic heterocycles.